The summed E-state index contributed by atoms with van der Waals surface area (Å²) in [6.07, 6.45) is 4.34. The molecule has 0 bridgehead atoms. The third kappa shape index (κ3) is 5.99. The maximum absolute atomic E-state index is 13.4. The van der Waals surface area contributed by atoms with E-state index >= 15 is 0 Å². The van der Waals surface area contributed by atoms with E-state index in [0.29, 0.717) is 12.0 Å². The van der Waals surface area contributed by atoms with E-state index in [4.69, 9.17) is 4.98 Å². The molecule has 0 aliphatic carbocycles. The SMILES string of the molecule is CC(C)C1CNCCN1Cc1cccc(-c2ccnc(CCCc3cccc(F)c3)n2)c1. The van der Waals surface area contributed by atoms with E-state index in [1.54, 1.807) is 12.1 Å². The first kappa shape index (κ1) is 22.6. The third-order valence-electron chi connectivity index (χ3n) is 6.24. The average molecular weight is 433 g/mol. The number of hydrogen-bond donors (Lipinski definition) is 1. The summed E-state index contributed by atoms with van der Waals surface area (Å²) in [5.74, 6) is 1.29. The fourth-order valence-corrected chi connectivity index (χ4v) is 4.51. The Morgan fingerprint density at radius 3 is 2.75 bits per heavy atom. The van der Waals surface area contributed by atoms with Crippen LogP contribution in [-0.2, 0) is 19.4 Å². The Morgan fingerprint density at radius 2 is 1.91 bits per heavy atom. The number of aromatic nitrogens is 2. The van der Waals surface area contributed by atoms with Crippen LogP contribution in [0.25, 0.3) is 11.3 Å². The fourth-order valence-electron chi connectivity index (χ4n) is 4.51. The lowest BCUT2D eigenvalue weighted by Crippen LogP contribution is -2.52. The first-order valence-corrected chi connectivity index (χ1v) is 11.7. The smallest absolute Gasteiger partial charge is 0.128 e. The van der Waals surface area contributed by atoms with Crippen molar-refractivity contribution in [1.29, 1.82) is 0 Å². The highest BCUT2D eigenvalue weighted by molar-refractivity contribution is 5.59. The van der Waals surface area contributed by atoms with Crippen molar-refractivity contribution < 1.29 is 4.39 Å². The maximum Gasteiger partial charge on any atom is 0.128 e. The molecule has 2 aromatic carbocycles. The molecule has 0 radical (unpaired) electrons. The number of piperazine rings is 1. The van der Waals surface area contributed by atoms with Gasteiger partial charge in [-0.05, 0) is 54.2 Å². The van der Waals surface area contributed by atoms with E-state index in [9.17, 15) is 4.39 Å². The Kier molecular flexibility index (Phi) is 7.61. The number of halogens is 1. The number of hydrogen-bond acceptors (Lipinski definition) is 4. The molecular formula is C27H33FN4. The Bertz CT molecular complexity index is 1020. The molecule has 1 aromatic heterocycles. The molecule has 4 nitrogen and oxygen atoms in total. The Hall–Kier alpha value is -2.63. The standard InChI is InChI=1S/C27H33FN4/c1-20(2)26-18-29-14-15-32(26)19-22-8-3-9-23(16-22)25-12-13-30-27(31-25)11-5-7-21-6-4-10-24(28)17-21/h3-4,6,8-10,12-13,16-17,20,26,29H,5,7,11,14-15,18-19H2,1-2H3. The van der Waals surface area contributed by atoms with Crippen molar-refractivity contribution in [1.82, 2.24) is 20.2 Å². The summed E-state index contributed by atoms with van der Waals surface area (Å²) >= 11 is 0. The Morgan fingerprint density at radius 1 is 1.06 bits per heavy atom. The lowest BCUT2D eigenvalue weighted by atomic mass is 9.99. The van der Waals surface area contributed by atoms with Gasteiger partial charge in [0, 0.05) is 50.4 Å². The number of rotatable bonds is 8. The van der Waals surface area contributed by atoms with Gasteiger partial charge in [0.05, 0.1) is 5.69 Å². The van der Waals surface area contributed by atoms with Crippen molar-refractivity contribution >= 4 is 0 Å². The molecule has 0 spiro atoms. The molecule has 1 N–H and O–H groups in total. The van der Waals surface area contributed by atoms with E-state index in [1.807, 2.05) is 18.3 Å². The van der Waals surface area contributed by atoms with Crippen LogP contribution in [0.2, 0.25) is 0 Å². The van der Waals surface area contributed by atoms with Gasteiger partial charge < -0.3 is 5.32 Å². The van der Waals surface area contributed by atoms with Gasteiger partial charge >= 0.3 is 0 Å². The van der Waals surface area contributed by atoms with Gasteiger partial charge in [-0.15, -0.1) is 0 Å². The molecule has 1 saturated heterocycles. The molecule has 0 amide bonds. The number of nitrogens with zero attached hydrogens (tertiary/aromatic N) is 3. The molecule has 1 atom stereocenters. The van der Waals surface area contributed by atoms with Crippen LogP contribution in [0.1, 0.15) is 37.2 Å². The van der Waals surface area contributed by atoms with E-state index in [-0.39, 0.29) is 5.82 Å². The van der Waals surface area contributed by atoms with Gasteiger partial charge in [-0.2, -0.15) is 0 Å². The van der Waals surface area contributed by atoms with Crippen molar-refractivity contribution in [2.45, 2.75) is 45.7 Å². The van der Waals surface area contributed by atoms with Gasteiger partial charge in [0.1, 0.15) is 11.6 Å². The van der Waals surface area contributed by atoms with Crippen LogP contribution < -0.4 is 5.32 Å². The second kappa shape index (κ2) is 10.8. The zero-order valence-corrected chi connectivity index (χ0v) is 19.1. The van der Waals surface area contributed by atoms with E-state index < -0.39 is 0 Å². The summed E-state index contributed by atoms with van der Waals surface area (Å²) in [5, 5.41) is 3.53. The molecule has 1 fully saturated rings. The highest BCUT2D eigenvalue weighted by Crippen LogP contribution is 2.22. The predicted molar refractivity (Wildman–Crippen MR) is 128 cm³/mol. The van der Waals surface area contributed by atoms with Crippen molar-refractivity contribution in [2.75, 3.05) is 19.6 Å². The second-order valence-electron chi connectivity index (χ2n) is 9.03. The van der Waals surface area contributed by atoms with Gasteiger partial charge in [0.25, 0.3) is 0 Å². The summed E-state index contributed by atoms with van der Waals surface area (Å²) in [4.78, 5) is 11.9. The quantitative estimate of drug-likeness (QED) is 0.550. The van der Waals surface area contributed by atoms with Crippen LogP contribution in [0.15, 0.2) is 60.8 Å². The molecule has 2 heterocycles. The highest BCUT2D eigenvalue weighted by atomic mass is 19.1. The first-order valence-electron chi connectivity index (χ1n) is 11.7. The van der Waals surface area contributed by atoms with E-state index in [2.05, 4.69) is 53.3 Å². The molecule has 1 aliphatic rings. The molecule has 0 saturated carbocycles. The summed E-state index contributed by atoms with van der Waals surface area (Å²) in [6.45, 7) is 8.76. The van der Waals surface area contributed by atoms with Crippen LogP contribution >= 0.6 is 0 Å². The van der Waals surface area contributed by atoms with E-state index in [0.717, 1.165) is 68.1 Å². The summed E-state index contributed by atoms with van der Waals surface area (Å²) in [7, 11) is 0. The van der Waals surface area contributed by atoms with Crippen LogP contribution in [0.4, 0.5) is 4.39 Å². The van der Waals surface area contributed by atoms with Crippen LogP contribution in [0, 0.1) is 11.7 Å². The second-order valence-corrected chi connectivity index (χ2v) is 9.03. The molecule has 4 rings (SSSR count). The van der Waals surface area contributed by atoms with E-state index in [1.165, 1.54) is 11.6 Å². The topological polar surface area (TPSA) is 41.0 Å². The lowest BCUT2D eigenvalue weighted by Gasteiger charge is -2.38. The summed E-state index contributed by atoms with van der Waals surface area (Å²) < 4.78 is 13.4. The monoisotopic (exact) mass is 432 g/mol. The molecule has 5 heteroatoms. The van der Waals surface area contributed by atoms with Crippen molar-refractivity contribution in [3.05, 3.63) is 83.6 Å². The fraction of sp³-hybridized carbons (Fsp3) is 0.407. The van der Waals surface area contributed by atoms with Crippen LogP contribution in [0.5, 0.6) is 0 Å². The summed E-state index contributed by atoms with van der Waals surface area (Å²) in [6, 6.07) is 18.1. The summed E-state index contributed by atoms with van der Waals surface area (Å²) in [5.41, 5.74) is 4.43. The molecular weight excluding hydrogens is 399 g/mol. The van der Waals surface area contributed by atoms with Crippen LogP contribution in [-0.4, -0.2) is 40.5 Å². The normalized spacial score (nSPS) is 17.1. The maximum atomic E-state index is 13.4. The number of benzene rings is 2. The van der Waals surface area contributed by atoms with Gasteiger partial charge in [-0.25, -0.2) is 14.4 Å². The van der Waals surface area contributed by atoms with Gasteiger partial charge in [0.2, 0.25) is 0 Å². The Balaban J connectivity index is 1.41. The minimum Gasteiger partial charge on any atom is -0.314 e. The molecule has 3 aromatic rings. The zero-order valence-electron chi connectivity index (χ0n) is 19.1. The van der Waals surface area contributed by atoms with Crippen molar-refractivity contribution in [3.63, 3.8) is 0 Å². The molecule has 1 aliphatic heterocycles. The third-order valence-corrected chi connectivity index (χ3v) is 6.24. The largest absolute Gasteiger partial charge is 0.314 e. The van der Waals surface area contributed by atoms with Crippen molar-refractivity contribution in [3.8, 4) is 11.3 Å². The Labute approximate surface area is 190 Å². The number of aryl methyl sites for hydroxylation is 2. The molecule has 32 heavy (non-hydrogen) atoms. The molecule has 168 valence electrons. The minimum atomic E-state index is -0.179. The highest BCUT2D eigenvalue weighted by Gasteiger charge is 2.24. The lowest BCUT2D eigenvalue weighted by molar-refractivity contribution is 0.117. The van der Waals surface area contributed by atoms with Gasteiger partial charge in [-0.3, -0.25) is 4.90 Å². The first-order chi connectivity index (χ1) is 15.6. The minimum absolute atomic E-state index is 0.179. The van der Waals surface area contributed by atoms with Gasteiger partial charge in [-0.1, -0.05) is 44.2 Å². The van der Waals surface area contributed by atoms with Crippen LogP contribution in [0.3, 0.4) is 0 Å². The predicted octanol–water partition coefficient (Wildman–Crippen LogP) is 4.89. The van der Waals surface area contributed by atoms with Gasteiger partial charge in [0.15, 0.2) is 0 Å². The average Bonchev–Trinajstić information content (AvgIpc) is 2.80. The molecule has 1 unspecified atom stereocenters. The number of nitrogens with one attached hydrogen (secondary N) is 1. The zero-order chi connectivity index (χ0) is 22.3. The van der Waals surface area contributed by atoms with Crippen molar-refractivity contribution in [2.24, 2.45) is 5.92 Å².